The second kappa shape index (κ2) is 3.88. The molecule has 0 spiro atoms. The molecule has 19 heavy (non-hydrogen) atoms. The zero-order valence-electron chi connectivity index (χ0n) is 9.69. The maximum Gasteiger partial charge on any atom is 0.252 e. The molecule has 2 amide bonds. The van der Waals surface area contributed by atoms with E-state index in [1.54, 1.807) is 0 Å². The number of alkyl halides is 2. The van der Waals surface area contributed by atoms with E-state index in [0.717, 1.165) is 6.42 Å². The van der Waals surface area contributed by atoms with Gasteiger partial charge in [-0.05, 0) is 18.3 Å². The van der Waals surface area contributed by atoms with Crippen molar-refractivity contribution in [3.63, 3.8) is 0 Å². The van der Waals surface area contributed by atoms with Crippen LogP contribution in [0.25, 0.3) is 0 Å². The molecule has 0 unspecified atom stereocenters. The number of carbonyl (C=O) groups is 2. The standard InChI is InChI=1S/C11H10Br2N4O2/c12-8-4-1-5(9(8)13)7-6(4)10(18)17(11(7)19)16-2-14-15-3-16/h2-9H,1H2/t4-,5+,6-,7-,8-,9+/m0/s1. The highest BCUT2D eigenvalue weighted by atomic mass is 79.9. The minimum Gasteiger partial charge on any atom is -0.272 e. The van der Waals surface area contributed by atoms with Crippen molar-refractivity contribution in [3.8, 4) is 0 Å². The summed E-state index contributed by atoms with van der Waals surface area (Å²) < 4.78 is 1.38. The van der Waals surface area contributed by atoms with Gasteiger partial charge < -0.3 is 0 Å². The smallest absolute Gasteiger partial charge is 0.252 e. The normalized spacial score (nSPS) is 44.2. The van der Waals surface area contributed by atoms with Crippen molar-refractivity contribution in [2.24, 2.45) is 23.7 Å². The highest BCUT2D eigenvalue weighted by Gasteiger charge is 2.66. The predicted molar refractivity (Wildman–Crippen MR) is 72.3 cm³/mol. The van der Waals surface area contributed by atoms with Crippen molar-refractivity contribution in [3.05, 3.63) is 12.7 Å². The molecule has 3 aliphatic rings. The summed E-state index contributed by atoms with van der Waals surface area (Å²) in [5, 5.41) is 8.52. The summed E-state index contributed by atoms with van der Waals surface area (Å²) in [6.07, 6.45) is 3.71. The van der Waals surface area contributed by atoms with Crippen LogP contribution in [0.4, 0.5) is 0 Å². The van der Waals surface area contributed by atoms with Crippen molar-refractivity contribution >= 4 is 43.7 Å². The summed E-state index contributed by atoms with van der Waals surface area (Å²) >= 11 is 7.31. The highest BCUT2D eigenvalue weighted by molar-refractivity contribution is 9.12. The molecule has 1 aromatic rings. The van der Waals surface area contributed by atoms with Gasteiger partial charge in [-0.2, -0.15) is 5.01 Å². The molecule has 0 N–H and O–H groups in total. The van der Waals surface area contributed by atoms with E-state index >= 15 is 0 Å². The monoisotopic (exact) mass is 388 g/mol. The lowest BCUT2D eigenvalue weighted by molar-refractivity contribution is -0.125. The van der Waals surface area contributed by atoms with E-state index in [1.807, 2.05) is 0 Å². The Kier molecular flexibility index (Phi) is 2.45. The highest BCUT2D eigenvalue weighted by Crippen LogP contribution is 2.59. The number of imide groups is 1. The second-order valence-corrected chi connectivity index (χ2v) is 7.45. The van der Waals surface area contributed by atoms with E-state index in [4.69, 9.17) is 0 Å². The van der Waals surface area contributed by atoms with Crippen LogP contribution in [-0.4, -0.2) is 36.3 Å². The number of rotatable bonds is 1. The molecule has 1 aliphatic heterocycles. The molecular weight excluding hydrogens is 380 g/mol. The lowest BCUT2D eigenvalue weighted by Gasteiger charge is -2.28. The minimum absolute atomic E-state index is 0.119. The Hall–Kier alpha value is -0.760. The van der Waals surface area contributed by atoms with Crippen LogP contribution < -0.4 is 5.01 Å². The predicted octanol–water partition coefficient (Wildman–Crippen LogP) is 0.692. The van der Waals surface area contributed by atoms with Crippen molar-refractivity contribution < 1.29 is 9.59 Å². The average molecular weight is 390 g/mol. The lowest BCUT2D eigenvalue weighted by atomic mass is 9.81. The zero-order chi connectivity index (χ0) is 13.3. The quantitative estimate of drug-likeness (QED) is 0.523. The molecule has 0 radical (unpaired) electrons. The summed E-state index contributed by atoms with van der Waals surface area (Å²) in [6, 6.07) is 0. The first-order valence-corrected chi connectivity index (χ1v) is 7.95. The zero-order valence-corrected chi connectivity index (χ0v) is 12.9. The number of halogens is 2. The molecule has 0 aromatic carbocycles. The van der Waals surface area contributed by atoms with Crippen LogP contribution in [-0.2, 0) is 9.59 Å². The Labute approximate surface area is 125 Å². The largest absolute Gasteiger partial charge is 0.272 e. The van der Waals surface area contributed by atoms with Gasteiger partial charge in [0.2, 0.25) is 0 Å². The van der Waals surface area contributed by atoms with Crippen LogP contribution in [0.15, 0.2) is 12.7 Å². The van der Waals surface area contributed by atoms with E-state index in [9.17, 15) is 9.59 Å². The molecule has 6 nitrogen and oxygen atoms in total. The van der Waals surface area contributed by atoms with E-state index in [1.165, 1.54) is 22.3 Å². The third-order valence-corrected chi connectivity index (χ3v) is 7.81. The van der Waals surface area contributed by atoms with E-state index in [0.29, 0.717) is 0 Å². The fourth-order valence-electron chi connectivity index (χ4n) is 3.86. The molecular formula is C11H10Br2N4O2. The van der Waals surface area contributed by atoms with E-state index in [2.05, 4.69) is 42.1 Å². The number of fused-ring (bicyclic) bond motifs is 5. The van der Waals surface area contributed by atoms with Gasteiger partial charge in [-0.15, -0.1) is 10.2 Å². The summed E-state index contributed by atoms with van der Waals surface area (Å²) in [6.45, 7) is 0. The molecule has 2 heterocycles. The van der Waals surface area contributed by atoms with Gasteiger partial charge in [-0.3, -0.25) is 9.59 Å². The maximum atomic E-state index is 12.5. The number of aromatic nitrogens is 3. The Bertz CT molecular complexity index is 531. The molecule has 8 heteroatoms. The van der Waals surface area contributed by atoms with Gasteiger partial charge in [-0.1, -0.05) is 31.9 Å². The van der Waals surface area contributed by atoms with Gasteiger partial charge in [0.05, 0.1) is 11.8 Å². The van der Waals surface area contributed by atoms with Crippen LogP contribution in [0, 0.1) is 23.7 Å². The SMILES string of the molecule is O=C1[C@H]2[C@@H]3C[C@@H]([C@@H](Br)[C@H]3Br)[C@@H]2C(=O)N1n1cnnc1. The molecule has 2 bridgehead atoms. The molecule has 1 saturated heterocycles. The van der Waals surface area contributed by atoms with Gasteiger partial charge in [0.25, 0.3) is 11.8 Å². The summed E-state index contributed by atoms with van der Waals surface area (Å²) in [5.74, 6) is -0.164. The molecule has 3 fully saturated rings. The first-order chi connectivity index (χ1) is 9.11. The number of hydrogen-bond acceptors (Lipinski definition) is 4. The Morgan fingerprint density at radius 3 is 1.95 bits per heavy atom. The third kappa shape index (κ3) is 1.36. The van der Waals surface area contributed by atoms with Crippen LogP contribution in [0.2, 0.25) is 0 Å². The molecule has 4 rings (SSSR count). The van der Waals surface area contributed by atoms with Crippen LogP contribution in [0.5, 0.6) is 0 Å². The van der Waals surface area contributed by atoms with Gasteiger partial charge >= 0.3 is 0 Å². The average Bonchev–Trinajstić information content (AvgIpc) is 3.10. The van der Waals surface area contributed by atoms with Gasteiger partial charge in [0.15, 0.2) is 0 Å². The van der Waals surface area contributed by atoms with Crippen molar-refractivity contribution in [1.82, 2.24) is 14.9 Å². The molecule has 2 saturated carbocycles. The van der Waals surface area contributed by atoms with Crippen LogP contribution in [0.1, 0.15) is 6.42 Å². The van der Waals surface area contributed by atoms with Crippen molar-refractivity contribution in [1.29, 1.82) is 0 Å². The first-order valence-electron chi connectivity index (χ1n) is 6.12. The van der Waals surface area contributed by atoms with Gasteiger partial charge in [0.1, 0.15) is 12.7 Å². The van der Waals surface area contributed by atoms with Crippen molar-refractivity contribution in [2.45, 2.75) is 16.1 Å². The number of amides is 2. The minimum atomic E-state index is -0.196. The fourth-order valence-corrected chi connectivity index (χ4v) is 5.73. The van der Waals surface area contributed by atoms with Crippen molar-refractivity contribution in [2.75, 3.05) is 5.01 Å². The summed E-state index contributed by atoms with van der Waals surface area (Å²) in [7, 11) is 0. The number of hydrogen-bond donors (Lipinski definition) is 0. The first kappa shape index (κ1) is 12.0. The molecule has 100 valence electrons. The van der Waals surface area contributed by atoms with E-state index in [-0.39, 0.29) is 45.1 Å². The maximum absolute atomic E-state index is 12.5. The number of carbonyl (C=O) groups excluding carboxylic acids is 2. The molecule has 6 atom stereocenters. The number of nitrogens with zero attached hydrogens (tertiary/aromatic N) is 4. The molecule has 1 aromatic heterocycles. The van der Waals surface area contributed by atoms with Gasteiger partial charge in [-0.25, -0.2) is 4.68 Å². The van der Waals surface area contributed by atoms with Crippen LogP contribution >= 0.6 is 31.9 Å². The molecule has 2 aliphatic carbocycles. The third-order valence-electron chi connectivity index (χ3n) is 4.60. The summed E-state index contributed by atoms with van der Waals surface area (Å²) in [5.41, 5.74) is 0. The lowest BCUT2D eigenvalue weighted by Crippen LogP contribution is -2.41. The Balaban J connectivity index is 1.76. The Morgan fingerprint density at radius 1 is 1.00 bits per heavy atom. The fraction of sp³-hybridized carbons (Fsp3) is 0.636. The Morgan fingerprint density at radius 2 is 1.47 bits per heavy atom. The topological polar surface area (TPSA) is 68.1 Å². The van der Waals surface area contributed by atoms with Crippen LogP contribution in [0.3, 0.4) is 0 Å². The summed E-state index contributed by atoms with van der Waals surface area (Å²) in [4.78, 5) is 25.6. The van der Waals surface area contributed by atoms with Gasteiger partial charge in [0, 0.05) is 9.65 Å². The second-order valence-electron chi connectivity index (χ2n) is 5.33. The van der Waals surface area contributed by atoms with E-state index < -0.39 is 0 Å².